The summed E-state index contributed by atoms with van der Waals surface area (Å²) in [5.74, 6) is 0. The molecule has 5 heteroatoms. The summed E-state index contributed by atoms with van der Waals surface area (Å²) in [7, 11) is -1.85. The molecule has 0 aliphatic rings. The predicted molar refractivity (Wildman–Crippen MR) is 151 cm³/mol. The number of benzene rings is 1. The van der Waals surface area contributed by atoms with Crippen LogP contribution in [0, 0.1) is 0 Å². The molecule has 1 aromatic carbocycles. The summed E-state index contributed by atoms with van der Waals surface area (Å²) >= 11 is 0. The summed E-state index contributed by atoms with van der Waals surface area (Å²) in [6.45, 7) is 8.81. The molecule has 0 spiro atoms. The van der Waals surface area contributed by atoms with E-state index in [1.807, 2.05) is 12.1 Å². The van der Waals surface area contributed by atoms with Gasteiger partial charge in [-0.2, -0.15) is 0 Å². The zero-order chi connectivity index (χ0) is 26.4. The average Bonchev–Trinajstić information content (AvgIpc) is 2.86. The topological polar surface area (TPSA) is 101 Å². The monoisotopic (exact) mass is 492 g/mol. The number of rotatable bonds is 20. The average molecular weight is 493 g/mol. The van der Waals surface area contributed by atoms with Crippen molar-refractivity contribution in [1.82, 2.24) is 0 Å². The van der Waals surface area contributed by atoms with Crippen LogP contribution in [0.4, 0.5) is 0 Å². The van der Waals surface area contributed by atoms with Crippen LogP contribution in [0.1, 0.15) is 142 Å². The second kappa shape index (κ2) is 31.2. The van der Waals surface area contributed by atoms with Crippen molar-refractivity contribution in [3.05, 3.63) is 29.8 Å². The summed E-state index contributed by atoms with van der Waals surface area (Å²) in [5, 5.41) is 21.6. The normalized spacial score (nSPS) is 10.3. The van der Waals surface area contributed by atoms with Crippen molar-refractivity contribution in [2.24, 2.45) is 0 Å². The molecule has 0 bridgehead atoms. The molecular weight excluding hydrogens is 431 g/mol. The maximum absolute atomic E-state index is 10.8. The van der Waals surface area contributed by atoms with Gasteiger partial charge in [-0.1, -0.05) is 148 Å². The fraction of sp³-hybridized carbons (Fsp3) is 0.800. The number of unbranched alkanes of at least 4 members (excludes halogenated alkanes) is 15. The number of quaternary nitrogens is 2. The van der Waals surface area contributed by atoms with E-state index in [0.29, 0.717) is 5.46 Å². The van der Waals surface area contributed by atoms with Gasteiger partial charge < -0.3 is 21.5 Å². The summed E-state index contributed by atoms with van der Waals surface area (Å²) in [6.07, 6.45) is 25.5. The molecule has 4 nitrogen and oxygen atoms in total. The molecule has 6 N–H and O–H groups in total. The van der Waals surface area contributed by atoms with E-state index in [-0.39, 0.29) is 0 Å². The number of hydrogen-bond donors (Lipinski definition) is 2. The highest BCUT2D eigenvalue weighted by Gasteiger charge is 1.96. The Kier molecular flexibility index (Phi) is 32.3. The van der Waals surface area contributed by atoms with Gasteiger partial charge in [0.05, 0.1) is 13.1 Å². The van der Waals surface area contributed by atoms with Crippen molar-refractivity contribution in [1.29, 1.82) is 0 Å². The van der Waals surface area contributed by atoms with Crippen molar-refractivity contribution in [2.45, 2.75) is 143 Å². The van der Waals surface area contributed by atoms with Crippen LogP contribution in [0.5, 0.6) is 0 Å². The van der Waals surface area contributed by atoms with Gasteiger partial charge in [-0.15, -0.1) is 5.46 Å². The minimum Gasteiger partial charge on any atom is -0.889 e. The first-order chi connectivity index (χ1) is 17.1. The van der Waals surface area contributed by atoms with Gasteiger partial charge >= 0.3 is 0 Å². The van der Waals surface area contributed by atoms with Crippen LogP contribution in [0.3, 0.4) is 0 Å². The molecule has 0 saturated heterocycles. The molecule has 206 valence electrons. The van der Waals surface area contributed by atoms with Gasteiger partial charge in [0.15, 0.2) is 0 Å². The maximum atomic E-state index is 10.8. The van der Waals surface area contributed by atoms with Crippen LogP contribution in [-0.2, 0) is 6.42 Å². The van der Waals surface area contributed by atoms with E-state index in [4.69, 9.17) is 0 Å². The predicted octanol–water partition coefficient (Wildman–Crippen LogP) is 4.18. The Balaban J connectivity index is 0. The van der Waals surface area contributed by atoms with Gasteiger partial charge in [-0.25, -0.2) is 0 Å². The molecule has 0 aliphatic carbocycles. The molecule has 0 unspecified atom stereocenters. The molecule has 0 saturated carbocycles. The van der Waals surface area contributed by atoms with Crippen LogP contribution in [0.15, 0.2) is 24.3 Å². The highest BCUT2D eigenvalue weighted by atomic mass is 16.4. The lowest BCUT2D eigenvalue weighted by atomic mass is 9.80. The fourth-order valence-corrected chi connectivity index (χ4v) is 3.87. The zero-order valence-corrected chi connectivity index (χ0v) is 24.0. The highest BCUT2D eigenvalue weighted by Crippen LogP contribution is 2.13. The van der Waals surface area contributed by atoms with E-state index in [1.54, 1.807) is 12.1 Å². The van der Waals surface area contributed by atoms with E-state index in [0.717, 1.165) is 19.5 Å². The van der Waals surface area contributed by atoms with E-state index in [1.165, 1.54) is 121 Å². The summed E-state index contributed by atoms with van der Waals surface area (Å²) < 4.78 is 0. The van der Waals surface area contributed by atoms with Crippen molar-refractivity contribution < 1.29 is 21.5 Å². The molecule has 0 fully saturated rings. The first-order valence-electron chi connectivity index (χ1n) is 15.1. The van der Waals surface area contributed by atoms with Gasteiger partial charge in [-0.3, -0.25) is 0 Å². The second-order valence-corrected chi connectivity index (χ2v) is 9.83. The summed E-state index contributed by atoms with van der Waals surface area (Å²) in [5.41, 5.74) is 8.94. The summed E-state index contributed by atoms with van der Waals surface area (Å²) in [6, 6.07) is 7.23. The third-order valence-corrected chi connectivity index (χ3v) is 6.28. The molecule has 1 aromatic rings. The standard InChI is InChI=1S/C22H37BO2.2C4H11N/c1-2-3-4-5-6-7-8-9-10-11-12-13-14-15-16-21-17-19-22(20-18-21)23(24)25;2*1-2-3-4-5/h17-20H,2-16H2,1H3;2*2-5H2,1H3/q-2;;/p+2. The number of aryl methyl sites for hydroxylation is 1. The third-order valence-electron chi connectivity index (χ3n) is 6.28. The quantitative estimate of drug-likeness (QED) is 0.211. The SMILES string of the molecule is CCCCCCCCCCCCCCCCc1ccc(B([O-])[O-])cc1.CCCC[NH3+].CCCC[NH3+]. The Labute approximate surface area is 219 Å². The molecule has 0 radical (unpaired) electrons. The minimum atomic E-state index is -1.85. The zero-order valence-electron chi connectivity index (χ0n) is 24.0. The molecule has 1 rings (SSSR count). The largest absolute Gasteiger partial charge is 0.889 e. The Morgan fingerprint density at radius 2 is 0.857 bits per heavy atom. The summed E-state index contributed by atoms with van der Waals surface area (Å²) in [4.78, 5) is 0. The van der Waals surface area contributed by atoms with Gasteiger partial charge in [-0.05, 0) is 31.2 Å². The Hall–Kier alpha value is -0.875. The van der Waals surface area contributed by atoms with Gasteiger partial charge in [0, 0.05) is 0 Å². The molecule has 0 atom stereocenters. The lowest BCUT2D eigenvalue weighted by Crippen LogP contribution is -2.55. The maximum Gasteiger partial charge on any atom is 0.0739 e. The molecule has 0 heterocycles. The van der Waals surface area contributed by atoms with Crippen molar-refractivity contribution in [3.8, 4) is 0 Å². The lowest BCUT2D eigenvalue weighted by Gasteiger charge is -2.26. The second-order valence-electron chi connectivity index (χ2n) is 9.83. The minimum absolute atomic E-state index is 0.352. The van der Waals surface area contributed by atoms with E-state index < -0.39 is 7.12 Å². The lowest BCUT2D eigenvalue weighted by molar-refractivity contribution is -0.368. The Bertz CT molecular complexity index is 488. The highest BCUT2D eigenvalue weighted by molar-refractivity contribution is 6.55. The van der Waals surface area contributed by atoms with Crippen LogP contribution >= 0.6 is 0 Å². The van der Waals surface area contributed by atoms with Crippen LogP contribution in [0.2, 0.25) is 0 Å². The van der Waals surface area contributed by atoms with Crippen LogP contribution < -0.4 is 27.0 Å². The van der Waals surface area contributed by atoms with Gasteiger partial charge in [0.25, 0.3) is 0 Å². The van der Waals surface area contributed by atoms with E-state index >= 15 is 0 Å². The molecular formula is C30H61BN2O2. The molecule has 0 aliphatic heterocycles. The first-order valence-corrected chi connectivity index (χ1v) is 15.1. The molecule has 0 aromatic heterocycles. The Morgan fingerprint density at radius 1 is 0.514 bits per heavy atom. The van der Waals surface area contributed by atoms with E-state index in [2.05, 4.69) is 32.2 Å². The molecule has 0 amide bonds. The van der Waals surface area contributed by atoms with Crippen LogP contribution in [0.25, 0.3) is 0 Å². The van der Waals surface area contributed by atoms with Crippen molar-refractivity contribution in [3.63, 3.8) is 0 Å². The van der Waals surface area contributed by atoms with E-state index in [9.17, 15) is 10.0 Å². The Morgan fingerprint density at radius 3 is 1.14 bits per heavy atom. The smallest absolute Gasteiger partial charge is 0.0739 e. The van der Waals surface area contributed by atoms with Crippen LogP contribution in [-0.4, -0.2) is 20.2 Å². The number of hydrogen-bond acceptors (Lipinski definition) is 2. The van der Waals surface area contributed by atoms with Crippen molar-refractivity contribution >= 4 is 12.6 Å². The van der Waals surface area contributed by atoms with Gasteiger partial charge in [0.1, 0.15) is 0 Å². The first kappa shape index (κ1) is 36.3. The third kappa shape index (κ3) is 29.2. The van der Waals surface area contributed by atoms with Gasteiger partial charge in [0.2, 0.25) is 0 Å². The molecule has 35 heavy (non-hydrogen) atoms. The van der Waals surface area contributed by atoms with Crippen molar-refractivity contribution in [2.75, 3.05) is 13.1 Å². The fourth-order valence-electron chi connectivity index (χ4n) is 3.87.